The first-order chi connectivity index (χ1) is 11.6. The van der Waals surface area contributed by atoms with Crippen LogP contribution < -0.4 is 0 Å². The van der Waals surface area contributed by atoms with Crippen molar-refractivity contribution in [1.29, 1.82) is 0 Å². The molecular weight excluding hydrogens is 324 g/mol. The second-order valence-corrected chi connectivity index (χ2v) is 8.09. The van der Waals surface area contributed by atoms with Crippen molar-refractivity contribution in [3.63, 3.8) is 0 Å². The van der Waals surface area contributed by atoms with Crippen LogP contribution >= 0.6 is 0 Å². The molecule has 128 valence electrons. The molecule has 1 aliphatic rings. The lowest BCUT2D eigenvalue weighted by Crippen LogP contribution is -2.36. The average molecular weight is 346 g/mol. The summed E-state index contributed by atoms with van der Waals surface area (Å²) in [5, 5.41) is 0. The second kappa shape index (κ2) is 7.42. The van der Waals surface area contributed by atoms with Gasteiger partial charge in [-0.25, -0.2) is 8.42 Å². The largest absolute Gasteiger partial charge is 0.380 e. The number of rotatable bonds is 4. The fourth-order valence-electron chi connectivity index (χ4n) is 2.85. The molecule has 0 bridgehead atoms. The third-order valence-corrected chi connectivity index (χ3v) is 6.03. The van der Waals surface area contributed by atoms with Gasteiger partial charge in [-0.05, 0) is 37.1 Å². The third kappa shape index (κ3) is 4.01. The molecule has 1 fully saturated rings. The Balaban J connectivity index is 1.76. The number of sulfonamides is 1. The van der Waals surface area contributed by atoms with E-state index in [0.29, 0.717) is 37.6 Å². The summed E-state index contributed by atoms with van der Waals surface area (Å²) in [4.78, 5) is 4.76. The zero-order valence-electron chi connectivity index (χ0n) is 13.8. The highest BCUT2D eigenvalue weighted by atomic mass is 32.2. The number of nitrogens with zero attached hydrogens (tertiary/aromatic N) is 2. The maximum atomic E-state index is 12.8. The quantitative estimate of drug-likeness (QED) is 0.852. The number of hydrogen-bond donors (Lipinski definition) is 0. The van der Waals surface area contributed by atoms with Crippen molar-refractivity contribution in [2.45, 2.75) is 18.2 Å². The third-order valence-electron chi connectivity index (χ3n) is 4.15. The molecule has 1 saturated heterocycles. The van der Waals surface area contributed by atoms with Gasteiger partial charge in [0.2, 0.25) is 10.0 Å². The maximum Gasteiger partial charge on any atom is 0.243 e. The fourth-order valence-corrected chi connectivity index (χ4v) is 4.37. The lowest BCUT2D eigenvalue weighted by Gasteiger charge is -2.23. The molecule has 3 rings (SSSR count). The van der Waals surface area contributed by atoms with Crippen molar-refractivity contribution in [3.8, 4) is 0 Å². The summed E-state index contributed by atoms with van der Waals surface area (Å²) < 4.78 is 32.8. The molecule has 2 aromatic rings. The second-order valence-electron chi connectivity index (χ2n) is 6.15. The lowest BCUT2D eigenvalue weighted by molar-refractivity contribution is 0.122. The van der Waals surface area contributed by atoms with E-state index < -0.39 is 10.0 Å². The van der Waals surface area contributed by atoms with Gasteiger partial charge in [-0.1, -0.05) is 24.3 Å². The summed E-state index contributed by atoms with van der Waals surface area (Å²) in [5.41, 5.74) is 2.08. The zero-order valence-corrected chi connectivity index (χ0v) is 14.6. The Labute approximate surface area is 143 Å². The van der Waals surface area contributed by atoms with Gasteiger partial charge in [0.05, 0.1) is 18.1 Å². The van der Waals surface area contributed by atoms with E-state index >= 15 is 0 Å². The van der Waals surface area contributed by atoms with Crippen LogP contribution in [0.5, 0.6) is 0 Å². The highest BCUT2D eigenvalue weighted by Gasteiger charge is 2.29. The van der Waals surface area contributed by atoms with Gasteiger partial charge in [0.25, 0.3) is 0 Å². The molecule has 1 aromatic heterocycles. The summed E-state index contributed by atoms with van der Waals surface area (Å²) in [6.45, 7) is 3.81. The summed E-state index contributed by atoms with van der Waals surface area (Å²) in [5.74, 6) is 0.0983. The van der Waals surface area contributed by atoms with Crippen molar-refractivity contribution < 1.29 is 13.2 Å². The Kier molecular flexibility index (Phi) is 5.28. The number of aromatic nitrogens is 1. The van der Waals surface area contributed by atoms with Gasteiger partial charge in [-0.15, -0.1) is 0 Å². The monoisotopic (exact) mass is 346 g/mol. The number of hydrogen-bond acceptors (Lipinski definition) is 4. The predicted octanol–water partition coefficient (Wildman–Crippen LogP) is 2.27. The summed E-state index contributed by atoms with van der Waals surface area (Å²) in [6.07, 6.45) is 2.55. The van der Waals surface area contributed by atoms with Gasteiger partial charge in [0.15, 0.2) is 0 Å². The van der Waals surface area contributed by atoms with Gasteiger partial charge in [0, 0.05) is 30.9 Å². The van der Waals surface area contributed by atoms with Crippen molar-refractivity contribution in [2.24, 2.45) is 5.92 Å². The Morgan fingerprint density at radius 2 is 2.00 bits per heavy atom. The first-order valence-electron chi connectivity index (χ1n) is 8.10. The van der Waals surface area contributed by atoms with E-state index in [-0.39, 0.29) is 5.92 Å². The summed E-state index contributed by atoms with van der Waals surface area (Å²) in [6, 6.07) is 12.6. The summed E-state index contributed by atoms with van der Waals surface area (Å²) >= 11 is 0. The molecule has 0 radical (unpaired) electrons. The van der Waals surface area contributed by atoms with Crippen molar-refractivity contribution in [2.75, 3.05) is 26.3 Å². The minimum Gasteiger partial charge on any atom is -0.380 e. The first kappa shape index (κ1) is 17.1. The van der Waals surface area contributed by atoms with Crippen LogP contribution in [0.2, 0.25) is 0 Å². The molecule has 2 heterocycles. The van der Waals surface area contributed by atoms with E-state index in [9.17, 15) is 8.42 Å². The molecule has 5 nitrogen and oxygen atoms in total. The Hall–Kier alpha value is -1.76. The van der Waals surface area contributed by atoms with E-state index in [1.54, 1.807) is 24.3 Å². The van der Waals surface area contributed by atoms with Crippen LogP contribution in [0.1, 0.15) is 11.3 Å². The smallest absolute Gasteiger partial charge is 0.243 e. The van der Waals surface area contributed by atoms with Crippen LogP contribution in [0, 0.1) is 12.8 Å². The number of aryl methyl sites for hydroxylation is 1. The van der Waals surface area contributed by atoms with Gasteiger partial charge < -0.3 is 4.74 Å². The Morgan fingerprint density at radius 1 is 1.21 bits per heavy atom. The summed E-state index contributed by atoms with van der Waals surface area (Å²) in [7, 11) is -3.48. The van der Waals surface area contributed by atoms with E-state index in [1.165, 1.54) is 4.31 Å². The van der Waals surface area contributed by atoms with Crippen LogP contribution in [-0.4, -0.2) is 44.0 Å². The van der Waals surface area contributed by atoms with Crippen LogP contribution in [0.3, 0.4) is 0 Å². The number of ether oxygens (including phenoxy) is 1. The molecule has 0 saturated carbocycles. The van der Waals surface area contributed by atoms with Gasteiger partial charge in [0.1, 0.15) is 0 Å². The number of pyridine rings is 1. The van der Waals surface area contributed by atoms with Gasteiger partial charge in [-0.2, -0.15) is 4.31 Å². The topological polar surface area (TPSA) is 59.5 Å². The molecule has 0 unspecified atom stereocenters. The predicted molar refractivity (Wildman–Crippen MR) is 92.2 cm³/mol. The SMILES string of the molecule is Cc1ccc(C[C@H]2COCCN(S(=O)(=O)c3ccccc3)C2)nc1. The van der Waals surface area contributed by atoms with E-state index in [0.717, 1.165) is 11.3 Å². The minimum atomic E-state index is -3.48. The molecular formula is C18H22N2O3S. The Bertz CT molecular complexity index is 761. The fraction of sp³-hybridized carbons (Fsp3) is 0.389. The van der Waals surface area contributed by atoms with Crippen molar-refractivity contribution in [1.82, 2.24) is 9.29 Å². The molecule has 6 heteroatoms. The van der Waals surface area contributed by atoms with Crippen LogP contribution in [-0.2, 0) is 21.2 Å². The van der Waals surface area contributed by atoms with E-state index in [1.807, 2.05) is 31.3 Å². The van der Waals surface area contributed by atoms with Crippen molar-refractivity contribution >= 4 is 10.0 Å². The highest BCUT2D eigenvalue weighted by molar-refractivity contribution is 7.89. The van der Waals surface area contributed by atoms with Gasteiger partial charge in [-0.3, -0.25) is 4.98 Å². The van der Waals surface area contributed by atoms with E-state index in [4.69, 9.17) is 4.74 Å². The molecule has 1 atom stereocenters. The number of benzene rings is 1. The molecule has 0 aliphatic carbocycles. The van der Waals surface area contributed by atoms with Gasteiger partial charge >= 0.3 is 0 Å². The first-order valence-corrected chi connectivity index (χ1v) is 9.54. The molecule has 0 N–H and O–H groups in total. The maximum absolute atomic E-state index is 12.8. The van der Waals surface area contributed by atoms with Crippen LogP contribution in [0.4, 0.5) is 0 Å². The Morgan fingerprint density at radius 3 is 2.71 bits per heavy atom. The lowest BCUT2D eigenvalue weighted by atomic mass is 10.0. The average Bonchev–Trinajstić information content (AvgIpc) is 2.84. The highest BCUT2D eigenvalue weighted by Crippen LogP contribution is 2.20. The molecule has 1 aliphatic heterocycles. The standard InChI is InChI=1S/C18H22N2O3S/c1-15-7-8-17(19-12-15)11-16-13-20(9-10-23-14-16)24(21,22)18-5-3-2-4-6-18/h2-8,12,16H,9-11,13-14H2,1H3/t16-/m1/s1. The van der Waals surface area contributed by atoms with E-state index in [2.05, 4.69) is 4.98 Å². The van der Waals surface area contributed by atoms with Crippen LogP contribution in [0.25, 0.3) is 0 Å². The van der Waals surface area contributed by atoms with Crippen molar-refractivity contribution in [3.05, 3.63) is 59.9 Å². The normalized spacial score (nSPS) is 19.8. The zero-order chi connectivity index (χ0) is 17.0. The van der Waals surface area contributed by atoms with Crippen LogP contribution in [0.15, 0.2) is 53.6 Å². The molecule has 0 spiro atoms. The molecule has 24 heavy (non-hydrogen) atoms. The minimum absolute atomic E-state index is 0.0983. The molecule has 0 amide bonds. The molecule has 1 aromatic carbocycles.